The van der Waals surface area contributed by atoms with Crippen LogP contribution < -0.4 is 5.32 Å². The molecule has 1 amide bonds. The first-order valence-corrected chi connectivity index (χ1v) is 8.25. The maximum Gasteiger partial charge on any atom is 0.407 e. The van der Waals surface area contributed by atoms with Crippen LogP contribution in [0.15, 0.2) is 48.5 Å². The fourth-order valence-electron chi connectivity index (χ4n) is 2.39. The molecule has 2 aromatic carbocycles. The number of amides is 1. The fourth-order valence-corrected chi connectivity index (χ4v) is 2.39. The number of aromatic hydroxyl groups is 1. The standard InChI is InChI=1S/C19H21NO7/c21-15-7-6-13(18(24)25)10-14(15)17(23)16(22)8-9-20-19(26)27-11-12-4-2-1-3-5-12/h1-7,10,16-17,21-23H,8-9,11H2,(H,20,26)(H,24,25). The first-order chi connectivity index (χ1) is 12.9. The quantitative estimate of drug-likeness (QED) is 0.474. The third-order valence-corrected chi connectivity index (χ3v) is 3.88. The Labute approximate surface area is 155 Å². The van der Waals surface area contributed by atoms with Crippen LogP contribution >= 0.6 is 0 Å². The number of aliphatic hydroxyl groups excluding tert-OH is 2. The van der Waals surface area contributed by atoms with E-state index in [2.05, 4.69) is 5.32 Å². The molecule has 0 spiro atoms. The third kappa shape index (κ3) is 5.98. The van der Waals surface area contributed by atoms with Crippen LogP contribution in [-0.4, -0.2) is 45.1 Å². The number of carbonyl (C=O) groups excluding carboxylic acids is 1. The molecule has 0 heterocycles. The molecule has 0 aliphatic carbocycles. The van der Waals surface area contributed by atoms with Gasteiger partial charge in [0.25, 0.3) is 0 Å². The number of carboxylic acid groups (broad SMARTS) is 1. The number of alkyl carbamates (subject to hydrolysis) is 1. The van der Waals surface area contributed by atoms with E-state index in [1.165, 1.54) is 6.07 Å². The number of carbonyl (C=O) groups is 2. The van der Waals surface area contributed by atoms with Gasteiger partial charge >= 0.3 is 12.1 Å². The van der Waals surface area contributed by atoms with Gasteiger partial charge in [-0.1, -0.05) is 30.3 Å². The Morgan fingerprint density at radius 1 is 1.07 bits per heavy atom. The molecule has 0 bridgehead atoms. The van der Waals surface area contributed by atoms with Crippen molar-refractivity contribution in [2.24, 2.45) is 0 Å². The summed E-state index contributed by atoms with van der Waals surface area (Å²) in [4.78, 5) is 22.6. The molecule has 0 aliphatic heterocycles. The number of aromatic carboxylic acids is 1. The predicted molar refractivity (Wildman–Crippen MR) is 95.3 cm³/mol. The normalized spacial score (nSPS) is 12.8. The second-order valence-electron chi connectivity index (χ2n) is 5.87. The second kappa shape index (κ2) is 9.56. The van der Waals surface area contributed by atoms with Crippen molar-refractivity contribution in [3.8, 4) is 5.75 Å². The lowest BCUT2D eigenvalue weighted by atomic mass is 9.99. The van der Waals surface area contributed by atoms with Gasteiger partial charge in [-0.25, -0.2) is 9.59 Å². The van der Waals surface area contributed by atoms with Gasteiger partial charge in [0.1, 0.15) is 18.5 Å². The van der Waals surface area contributed by atoms with Crippen molar-refractivity contribution < 1.29 is 34.8 Å². The van der Waals surface area contributed by atoms with Gasteiger partial charge in [0.15, 0.2) is 0 Å². The molecule has 0 saturated heterocycles. The Bertz CT molecular complexity index is 779. The SMILES string of the molecule is O=C(NCCC(O)C(O)c1cc(C(=O)O)ccc1O)OCc1ccccc1. The summed E-state index contributed by atoms with van der Waals surface area (Å²) in [7, 11) is 0. The number of rotatable bonds is 8. The Morgan fingerprint density at radius 2 is 1.78 bits per heavy atom. The number of hydrogen-bond donors (Lipinski definition) is 5. The van der Waals surface area contributed by atoms with Crippen LogP contribution in [0.1, 0.15) is 34.0 Å². The van der Waals surface area contributed by atoms with Gasteiger partial charge in [-0.15, -0.1) is 0 Å². The number of aliphatic hydroxyl groups is 2. The van der Waals surface area contributed by atoms with E-state index in [0.717, 1.165) is 17.7 Å². The van der Waals surface area contributed by atoms with E-state index in [-0.39, 0.29) is 36.4 Å². The highest BCUT2D eigenvalue weighted by atomic mass is 16.5. The monoisotopic (exact) mass is 375 g/mol. The molecular formula is C19H21NO7. The fraction of sp³-hybridized carbons (Fsp3) is 0.263. The molecular weight excluding hydrogens is 354 g/mol. The minimum Gasteiger partial charge on any atom is -0.508 e. The number of phenols is 1. The summed E-state index contributed by atoms with van der Waals surface area (Å²) in [5.41, 5.74) is 0.600. The van der Waals surface area contributed by atoms with E-state index < -0.39 is 24.3 Å². The Kier molecular flexibility index (Phi) is 7.16. The van der Waals surface area contributed by atoms with Gasteiger partial charge in [-0.2, -0.15) is 0 Å². The summed E-state index contributed by atoms with van der Waals surface area (Å²) in [6.07, 6.45) is -3.53. The highest BCUT2D eigenvalue weighted by Gasteiger charge is 2.22. The van der Waals surface area contributed by atoms with Crippen LogP contribution in [0.3, 0.4) is 0 Å². The molecule has 0 aliphatic rings. The van der Waals surface area contributed by atoms with Gasteiger partial charge in [-0.3, -0.25) is 0 Å². The summed E-state index contributed by atoms with van der Waals surface area (Å²) < 4.78 is 5.02. The van der Waals surface area contributed by atoms with Crippen LogP contribution in [0.25, 0.3) is 0 Å². The zero-order valence-corrected chi connectivity index (χ0v) is 14.4. The minimum absolute atomic E-state index is 0.0191. The summed E-state index contributed by atoms with van der Waals surface area (Å²) >= 11 is 0. The van der Waals surface area contributed by atoms with Crippen molar-refractivity contribution >= 4 is 12.1 Å². The molecule has 2 unspecified atom stereocenters. The van der Waals surface area contributed by atoms with E-state index in [1.807, 2.05) is 30.3 Å². The van der Waals surface area contributed by atoms with Crippen molar-refractivity contribution in [2.45, 2.75) is 25.2 Å². The summed E-state index contributed by atoms with van der Waals surface area (Å²) in [6, 6.07) is 12.5. The van der Waals surface area contributed by atoms with E-state index in [1.54, 1.807) is 0 Å². The van der Waals surface area contributed by atoms with Crippen LogP contribution in [0.4, 0.5) is 4.79 Å². The van der Waals surface area contributed by atoms with Crippen LogP contribution in [0.2, 0.25) is 0 Å². The molecule has 0 aromatic heterocycles. The highest BCUT2D eigenvalue weighted by molar-refractivity contribution is 5.88. The zero-order chi connectivity index (χ0) is 19.8. The average Bonchev–Trinajstić information content (AvgIpc) is 2.66. The zero-order valence-electron chi connectivity index (χ0n) is 14.4. The molecule has 144 valence electrons. The molecule has 2 atom stereocenters. The van der Waals surface area contributed by atoms with Gasteiger partial charge in [0.05, 0.1) is 11.7 Å². The van der Waals surface area contributed by atoms with Crippen LogP contribution in [0, 0.1) is 0 Å². The molecule has 5 N–H and O–H groups in total. The topological polar surface area (TPSA) is 136 Å². The van der Waals surface area contributed by atoms with Gasteiger partial charge in [0, 0.05) is 12.1 Å². The van der Waals surface area contributed by atoms with Crippen molar-refractivity contribution in [2.75, 3.05) is 6.54 Å². The Hall–Kier alpha value is -3.10. The predicted octanol–water partition coefficient (Wildman–Crippen LogP) is 1.80. The maximum atomic E-state index is 11.6. The van der Waals surface area contributed by atoms with Crippen LogP contribution in [0.5, 0.6) is 5.75 Å². The summed E-state index contributed by atoms with van der Waals surface area (Å²) in [5.74, 6) is -1.55. The Balaban J connectivity index is 1.81. The number of phenolic OH excluding ortho intramolecular Hbond substituents is 1. The number of nitrogens with one attached hydrogen (secondary N) is 1. The molecule has 0 radical (unpaired) electrons. The number of carboxylic acids is 1. The van der Waals surface area contributed by atoms with E-state index in [9.17, 15) is 24.9 Å². The molecule has 0 fully saturated rings. The lowest BCUT2D eigenvalue weighted by Gasteiger charge is -2.19. The van der Waals surface area contributed by atoms with Crippen molar-refractivity contribution in [1.29, 1.82) is 0 Å². The molecule has 8 heteroatoms. The lowest BCUT2D eigenvalue weighted by Crippen LogP contribution is -2.29. The maximum absolute atomic E-state index is 11.6. The van der Waals surface area contributed by atoms with E-state index >= 15 is 0 Å². The summed E-state index contributed by atoms with van der Waals surface area (Å²) in [5, 5.41) is 41.4. The molecule has 0 saturated carbocycles. The van der Waals surface area contributed by atoms with Crippen molar-refractivity contribution in [3.05, 3.63) is 65.2 Å². The molecule has 27 heavy (non-hydrogen) atoms. The van der Waals surface area contributed by atoms with Crippen molar-refractivity contribution in [3.63, 3.8) is 0 Å². The smallest absolute Gasteiger partial charge is 0.407 e. The largest absolute Gasteiger partial charge is 0.508 e. The van der Waals surface area contributed by atoms with E-state index in [0.29, 0.717) is 0 Å². The van der Waals surface area contributed by atoms with Gasteiger partial charge in [-0.05, 0) is 30.2 Å². The van der Waals surface area contributed by atoms with Gasteiger partial charge < -0.3 is 30.5 Å². The highest BCUT2D eigenvalue weighted by Crippen LogP contribution is 2.28. The summed E-state index contributed by atoms with van der Waals surface area (Å²) in [6.45, 7) is 0.124. The van der Waals surface area contributed by atoms with Gasteiger partial charge in [0.2, 0.25) is 0 Å². The molecule has 2 rings (SSSR count). The lowest BCUT2D eigenvalue weighted by molar-refractivity contribution is 0.0122. The first-order valence-electron chi connectivity index (χ1n) is 8.25. The second-order valence-corrected chi connectivity index (χ2v) is 5.87. The van der Waals surface area contributed by atoms with E-state index in [4.69, 9.17) is 9.84 Å². The minimum atomic E-state index is -1.51. The molecule has 8 nitrogen and oxygen atoms in total. The number of ether oxygens (including phenoxy) is 1. The molecule has 2 aromatic rings. The first kappa shape index (κ1) is 20.2. The number of hydrogen-bond acceptors (Lipinski definition) is 6. The average molecular weight is 375 g/mol. The van der Waals surface area contributed by atoms with Crippen molar-refractivity contribution in [1.82, 2.24) is 5.32 Å². The van der Waals surface area contributed by atoms with Crippen LogP contribution in [-0.2, 0) is 11.3 Å². The number of benzene rings is 2. The Morgan fingerprint density at radius 3 is 2.44 bits per heavy atom. The third-order valence-electron chi connectivity index (χ3n) is 3.88.